The average molecular weight is 915 g/mol. The highest BCUT2D eigenvalue weighted by molar-refractivity contribution is 5.71. The predicted octanol–water partition coefficient (Wildman–Crippen LogP) is 17.9. The van der Waals surface area contributed by atoms with Gasteiger partial charge in [-0.1, -0.05) is 233 Å². The smallest absolute Gasteiger partial charge is 0.306 e. The van der Waals surface area contributed by atoms with Crippen molar-refractivity contribution in [3.8, 4) is 0 Å². The zero-order valence-corrected chi connectivity index (χ0v) is 42.7. The Hall–Kier alpha value is -3.93. The molecule has 0 rings (SSSR count). The minimum absolute atomic E-state index is 0.0998. The Morgan fingerprint density at radius 2 is 0.606 bits per heavy atom. The highest BCUT2D eigenvalue weighted by Crippen LogP contribution is 2.14. The van der Waals surface area contributed by atoms with Gasteiger partial charge >= 0.3 is 17.9 Å². The van der Waals surface area contributed by atoms with E-state index in [2.05, 4.69) is 112 Å². The number of allylic oxidation sites excluding steroid dienone is 18. The Bertz CT molecular complexity index is 1370. The monoisotopic (exact) mass is 915 g/mol. The van der Waals surface area contributed by atoms with Crippen molar-refractivity contribution in [1.82, 2.24) is 0 Å². The molecule has 6 nitrogen and oxygen atoms in total. The Morgan fingerprint density at radius 1 is 0.318 bits per heavy atom. The third-order valence-electron chi connectivity index (χ3n) is 11.2. The highest BCUT2D eigenvalue weighted by atomic mass is 16.6. The molecular formula is C60H98O6. The van der Waals surface area contributed by atoms with Crippen molar-refractivity contribution in [3.05, 3.63) is 109 Å². The predicted molar refractivity (Wildman–Crippen MR) is 283 cm³/mol. The fourth-order valence-electron chi connectivity index (χ4n) is 7.11. The summed E-state index contributed by atoms with van der Waals surface area (Å²) in [6.07, 6.45) is 72.0. The van der Waals surface area contributed by atoms with Gasteiger partial charge in [0.15, 0.2) is 6.10 Å². The lowest BCUT2D eigenvalue weighted by Gasteiger charge is -2.18. The highest BCUT2D eigenvalue weighted by Gasteiger charge is 2.19. The molecule has 1 atom stereocenters. The van der Waals surface area contributed by atoms with Crippen LogP contribution in [0.15, 0.2) is 109 Å². The van der Waals surface area contributed by atoms with Crippen LogP contribution in [0.25, 0.3) is 0 Å². The largest absolute Gasteiger partial charge is 0.462 e. The van der Waals surface area contributed by atoms with E-state index in [0.29, 0.717) is 19.3 Å². The van der Waals surface area contributed by atoms with Crippen LogP contribution in [-0.4, -0.2) is 37.2 Å². The number of carbonyl (C=O) groups is 3. The molecule has 0 bridgehead atoms. The van der Waals surface area contributed by atoms with E-state index in [1.807, 2.05) is 18.2 Å². The molecule has 0 aromatic rings. The molecule has 1 unspecified atom stereocenters. The SMILES string of the molecule is CC\C=C/C=C\C=C/C=C\CCCCCCCC(=O)OC(COC(=O)CCCCCCC\C=C/C=C\C=C/C=C\CCCCC)COC(=O)CCCCCCCCC/C=C\CCCCCC. The molecule has 0 radical (unpaired) electrons. The normalized spacial score (nSPS) is 13.0. The summed E-state index contributed by atoms with van der Waals surface area (Å²) >= 11 is 0. The van der Waals surface area contributed by atoms with Gasteiger partial charge in [-0.2, -0.15) is 0 Å². The Kier molecular flexibility index (Phi) is 50.5. The fourth-order valence-corrected chi connectivity index (χ4v) is 7.11. The first-order chi connectivity index (χ1) is 32.5. The first-order valence-electron chi connectivity index (χ1n) is 27.0. The van der Waals surface area contributed by atoms with Crippen LogP contribution >= 0.6 is 0 Å². The number of hydrogen-bond acceptors (Lipinski definition) is 6. The molecular weight excluding hydrogens is 817 g/mol. The van der Waals surface area contributed by atoms with E-state index in [1.54, 1.807) is 0 Å². The number of hydrogen-bond donors (Lipinski definition) is 0. The van der Waals surface area contributed by atoms with Crippen LogP contribution in [0.4, 0.5) is 0 Å². The van der Waals surface area contributed by atoms with Crippen molar-refractivity contribution in [2.24, 2.45) is 0 Å². The molecule has 374 valence electrons. The number of ether oxygens (including phenoxy) is 3. The van der Waals surface area contributed by atoms with Gasteiger partial charge in [-0.25, -0.2) is 0 Å². The van der Waals surface area contributed by atoms with Crippen molar-refractivity contribution in [3.63, 3.8) is 0 Å². The van der Waals surface area contributed by atoms with E-state index in [9.17, 15) is 14.4 Å². The molecule has 0 heterocycles. The van der Waals surface area contributed by atoms with E-state index < -0.39 is 6.10 Å². The third-order valence-corrected chi connectivity index (χ3v) is 11.2. The van der Waals surface area contributed by atoms with Gasteiger partial charge in [-0.3, -0.25) is 14.4 Å². The number of unbranched alkanes of at least 4 members (excludes halogenated alkanes) is 24. The van der Waals surface area contributed by atoms with Crippen LogP contribution in [-0.2, 0) is 28.6 Å². The van der Waals surface area contributed by atoms with Crippen LogP contribution in [0.3, 0.4) is 0 Å². The topological polar surface area (TPSA) is 78.9 Å². The maximum absolute atomic E-state index is 12.8. The molecule has 0 saturated heterocycles. The van der Waals surface area contributed by atoms with Crippen LogP contribution in [0.1, 0.15) is 233 Å². The number of carbonyl (C=O) groups excluding carboxylic acids is 3. The van der Waals surface area contributed by atoms with Gasteiger partial charge in [0.25, 0.3) is 0 Å². The third kappa shape index (κ3) is 51.1. The summed E-state index contributed by atoms with van der Waals surface area (Å²) in [5, 5.41) is 0. The maximum atomic E-state index is 12.8. The zero-order valence-electron chi connectivity index (χ0n) is 42.7. The average Bonchev–Trinajstić information content (AvgIpc) is 3.31. The molecule has 6 heteroatoms. The van der Waals surface area contributed by atoms with Crippen LogP contribution < -0.4 is 0 Å². The van der Waals surface area contributed by atoms with E-state index in [1.165, 1.54) is 83.5 Å². The summed E-state index contributed by atoms with van der Waals surface area (Å²) in [6.45, 7) is 6.40. The molecule has 0 spiro atoms. The van der Waals surface area contributed by atoms with Crippen LogP contribution in [0, 0.1) is 0 Å². The van der Waals surface area contributed by atoms with E-state index >= 15 is 0 Å². The first-order valence-corrected chi connectivity index (χ1v) is 27.0. The second-order valence-corrected chi connectivity index (χ2v) is 17.6. The Labute approximate surface area is 406 Å². The minimum atomic E-state index is -0.804. The molecule has 0 aliphatic rings. The Balaban J connectivity index is 4.50. The molecule has 0 saturated carbocycles. The van der Waals surface area contributed by atoms with Crippen molar-refractivity contribution in [2.75, 3.05) is 13.2 Å². The van der Waals surface area contributed by atoms with Crippen molar-refractivity contribution >= 4 is 17.9 Å². The summed E-state index contributed by atoms with van der Waals surface area (Å²) in [5.41, 5.74) is 0. The van der Waals surface area contributed by atoms with Gasteiger partial charge in [0, 0.05) is 19.3 Å². The Morgan fingerprint density at radius 3 is 1.00 bits per heavy atom. The van der Waals surface area contributed by atoms with Gasteiger partial charge in [0.2, 0.25) is 0 Å². The second-order valence-electron chi connectivity index (χ2n) is 17.6. The quantitative estimate of drug-likeness (QED) is 0.0199. The zero-order chi connectivity index (χ0) is 47.9. The molecule has 0 N–H and O–H groups in total. The van der Waals surface area contributed by atoms with Gasteiger partial charge in [-0.15, -0.1) is 0 Å². The molecule has 0 aromatic carbocycles. The van der Waals surface area contributed by atoms with Crippen molar-refractivity contribution in [2.45, 2.75) is 239 Å². The van der Waals surface area contributed by atoms with Gasteiger partial charge < -0.3 is 14.2 Å². The molecule has 0 amide bonds. The molecule has 0 aliphatic carbocycles. The summed E-state index contributed by atoms with van der Waals surface area (Å²) in [7, 11) is 0. The second kappa shape index (κ2) is 53.7. The van der Waals surface area contributed by atoms with E-state index in [-0.39, 0.29) is 31.1 Å². The first kappa shape index (κ1) is 62.1. The number of rotatable bonds is 47. The standard InChI is InChI=1S/C60H98O6/c1-4-7-10-13-16-19-22-25-28-29-30-33-35-38-41-44-47-50-53-59(62)65-56-57(66-60(63)54-51-48-45-42-39-36-32-27-24-21-18-15-12-9-6-3)55-64-58(61)52-49-46-43-40-37-34-31-26-23-20-17-14-11-8-5-2/h9,12,15-16,18-25,27-30,32-33,57H,4-8,10-11,13-14,17,26,31,34-56H2,1-3H3/b12-9-,18-15-,19-16-,23-20-,24-21-,25-22-,29-28-,32-27-,33-30-. The lowest BCUT2D eigenvalue weighted by atomic mass is 10.1. The summed E-state index contributed by atoms with van der Waals surface area (Å²) < 4.78 is 16.8. The maximum Gasteiger partial charge on any atom is 0.306 e. The molecule has 0 aromatic heterocycles. The summed E-state index contributed by atoms with van der Waals surface area (Å²) in [5.74, 6) is -0.954. The fraction of sp³-hybridized carbons (Fsp3) is 0.650. The molecule has 0 aliphatic heterocycles. The lowest BCUT2D eigenvalue weighted by Crippen LogP contribution is -2.30. The minimum Gasteiger partial charge on any atom is -0.462 e. The van der Waals surface area contributed by atoms with Crippen LogP contribution in [0.2, 0.25) is 0 Å². The van der Waals surface area contributed by atoms with Gasteiger partial charge in [-0.05, 0) is 89.9 Å². The van der Waals surface area contributed by atoms with E-state index in [4.69, 9.17) is 14.2 Å². The van der Waals surface area contributed by atoms with Gasteiger partial charge in [0.05, 0.1) is 0 Å². The molecule has 66 heavy (non-hydrogen) atoms. The lowest BCUT2D eigenvalue weighted by molar-refractivity contribution is -0.167. The van der Waals surface area contributed by atoms with Crippen molar-refractivity contribution < 1.29 is 28.6 Å². The summed E-state index contributed by atoms with van der Waals surface area (Å²) in [4.78, 5) is 38.1. The van der Waals surface area contributed by atoms with Crippen LogP contribution in [0.5, 0.6) is 0 Å². The number of esters is 3. The summed E-state index contributed by atoms with van der Waals surface area (Å²) in [6, 6.07) is 0. The van der Waals surface area contributed by atoms with Gasteiger partial charge in [0.1, 0.15) is 13.2 Å². The molecule has 0 fully saturated rings. The van der Waals surface area contributed by atoms with Crippen molar-refractivity contribution in [1.29, 1.82) is 0 Å². The van der Waals surface area contributed by atoms with E-state index in [0.717, 1.165) is 109 Å².